The first kappa shape index (κ1) is 29.4. The lowest BCUT2D eigenvalue weighted by molar-refractivity contribution is -0.119. The van der Waals surface area contributed by atoms with Gasteiger partial charge in [-0.1, -0.05) is 0 Å². The number of halogens is 2. The van der Waals surface area contributed by atoms with Crippen LogP contribution in [0.3, 0.4) is 0 Å². The number of carbonyl (C=O) groups excluding carboxylic acids is 2. The van der Waals surface area contributed by atoms with Crippen molar-refractivity contribution in [2.75, 3.05) is 49.1 Å². The Labute approximate surface area is 250 Å². The molecule has 3 heterocycles. The van der Waals surface area contributed by atoms with Crippen LogP contribution in [0.15, 0.2) is 41.3 Å². The largest absolute Gasteiger partial charge is 0.489 e. The molecule has 44 heavy (non-hydrogen) atoms. The molecule has 2 amide bonds. The third kappa shape index (κ3) is 5.89. The average molecular weight is 612 g/mol. The minimum absolute atomic E-state index is 0.0270. The molecule has 0 radical (unpaired) electrons. The molecule has 3 fully saturated rings. The summed E-state index contributed by atoms with van der Waals surface area (Å²) in [5.41, 5.74) is 0.106. The average Bonchev–Trinajstić information content (AvgIpc) is 3.73. The minimum Gasteiger partial charge on any atom is -0.489 e. The molecule has 3 N–H and O–H groups in total. The van der Waals surface area contributed by atoms with Crippen molar-refractivity contribution in [1.82, 2.24) is 15.2 Å². The molecule has 1 saturated carbocycles. The van der Waals surface area contributed by atoms with Gasteiger partial charge >= 0.3 is 12.1 Å². The van der Waals surface area contributed by atoms with Crippen LogP contribution in [0.2, 0.25) is 0 Å². The van der Waals surface area contributed by atoms with Crippen LogP contribution in [0.4, 0.5) is 25.0 Å². The highest BCUT2D eigenvalue weighted by Gasteiger charge is 2.33. The van der Waals surface area contributed by atoms with E-state index in [4.69, 9.17) is 9.47 Å². The highest BCUT2D eigenvalue weighted by molar-refractivity contribution is 5.94. The van der Waals surface area contributed by atoms with Crippen LogP contribution in [0.1, 0.15) is 36.2 Å². The SMILES string of the molecule is CC(=O)NC[C@H]1CN(c2ccc(OCCNC3CN(c4cc5c(cc4F)c(=O)c(C(=O)O)cn5C4CC4)C3)c(F)c2)C(=O)O1. The highest BCUT2D eigenvalue weighted by atomic mass is 19.1. The molecule has 2 saturated heterocycles. The van der Waals surface area contributed by atoms with E-state index in [2.05, 4.69) is 10.6 Å². The Morgan fingerprint density at radius 3 is 2.55 bits per heavy atom. The first-order valence-corrected chi connectivity index (χ1v) is 14.3. The van der Waals surface area contributed by atoms with Crippen molar-refractivity contribution in [3.8, 4) is 5.75 Å². The van der Waals surface area contributed by atoms with Gasteiger partial charge < -0.3 is 34.7 Å². The zero-order valence-electron chi connectivity index (χ0n) is 23.8. The zero-order valence-corrected chi connectivity index (χ0v) is 23.8. The molecule has 12 nitrogen and oxygen atoms in total. The molecule has 1 atom stereocenters. The van der Waals surface area contributed by atoms with Crippen molar-refractivity contribution >= 4 is 40.2 Å². The van der Waals surface area contributed by atoms with Crippen LogP contribution in [-0.2, 0) is 9.53 Å². The molecular weight excluding hydrogens is 580 g/mol. The van der Waals surface area contributed by atoms with E-state index < -0.39 is 35.2 Å². The smallest absolute Gasteiger partial charge is 0.414 e. The molecule has 0 bridgehead atoms. The maximum atomic E-state index is 15.1. The van der Waals surface area contributed by atoms with Crippen LogP contribution in [0.25, 0.3) is 10.9 Å². The predicted molar refractivity (Wildman–Crippen MR) is 156 cm³/mol. The van der Waals surface area contributed by atoms with Gasteiger partial charge in [-0.15, -0.1) is 0 Å². The Bertz CT molecular complexity index is 1700. The highest BCUT2D eigenvalue weighted by Crippen LogP contribution is 2.38. The molecule has 232 valence electrons. The minimum atomic E-state index is -1.33. The molecule has 3 aliphatic rings. The number of nitrogens with zero attached hydrogens (tertiary/aromatic N) is 3. The number of carboxylic acids is 1. The first-order valence-electron chi connectivity index (χ1n) is 14.3. The van der Waals surface area contributed by atoms with Gasteiger partial charge in [-0.25, -0.2) is 18.4 Å². The van der Waals surface area contributed by atoms with Crippen LogP contribution < -0.4 is 30.6 Å². The number of benzene rings is 2. The van der Waals surface area contributed by atoms with E-state index in [0.29, 0.717) is 36.5 Å². The summed E-state index contributed by atoms with van der Waals surface area (Å²) in [5, 5.41) is 15.4. The monoisotopic (exact) mass is 611 g/mol. The number of ether oxygens (including phenoxy) is 2. The molecule has 2 aromatic carbocycles. The maximum absolute atomic E-state index is 15.1. The van der Waals surface area contributed by atoms with Gasteiger partial charge in [-0.3, -0.25) is 14.5 Å². The number of hydrogen-bond donors (Lipinski definition) is 3. The number of carbonyl (C=O) groups is 3. The quantitative estimate of drug-likeness (QED) is 0.279. The Balaban J connectivity index is 1.01. The van der Waals surface area contributed by atoms with Gasteiger partial charge in [0.15, 0.2) is 11.6 Å². The summed E-state index contributed by atoms with van der Waals surface area (Å²) < 4.78 is 42.4. The van der Waals surface area contributed by atoms with Crippen LogP contribution in [-0.4, -0.2) is 79.1 Å². The van der Waals surface area contributed by atoms with Gasteiger partial charge in [0.25, 0.3) is 0 Å². The third-order valence-corrected chi connectivity index (χ3v) is 7.97. The lowest BCUT2D eigenvalue weighted by atomic mass is 10.0. The summed E-state index contributed by atoms with van der Waals surface area (Å²) in [6, 6.07) is 7.06. The molecule has 3 aromatic rings. The Morgan fingerprint density at radius 2 is 1.86 bits per heavy atom. The zero-order chi connectivity index (χ0) is 31.1. The molecule has 0 spiro atoms. The Kier molecular flexibility index (Phi) is 7.84. The molecule has 2 aliphatic heterocycles. The number of anilines is 2. The van der Waals surface area contributed by atoms with E-state index in [0.717, 1.165) is 18.9 Å². The van der Waals surface area contributed by atoms with Gasteiger partial charge in [0.05, 0.1) is 30.0 Å². The summed E-state index contributed by atoms with van der Waals surface area (Å²) in [4.78, 5) is 50.7. The van der Waals surface area contributed by atoms with E-state index >= 15 is 4.39 Å². The normalized spacial score (nSPS) is 18.3. The number of aromatic nitrogens is 1. The Morgan fingerprint density at radius 1 is 1.09 bits per heavy atom. The van der Waals surface area contributed by atoms with E-state index in [1.807, 2.05) is 4.90 Å². The molecule has 0 unspecified atom stereocenters. The van der Waals surface area contributed by atoms with Crippen molar-refractivity contribution in [2.24, 2.45) is 0 Å². The fourth-order valence-electron chi connectivity index (χ4n) is 5.51. The Hall–Kier alpha value is -4.72. The van der Waals surface area contributed by atoms with Crippen LogP contribution in [0, 0.1) is 11.6 Å². The van der Waals surface area contributed by atoms with Gasteiger partial charge in [-0.2, -0.15) is 0 Å². The van der Waals surface area contributed by atoms with Gasteiger partial charge in [0.1, 0.15) is 24.1 Å². The molecule has 6 rings (SSSR count). The van der Waals surface area contributed by atoms with E-state index in [9.17, 15) is 28.7 Å². The number of aromatic carboxylic acids is 1. The van der Waals surface area contributed by atoms with E-state index in [-0.39, 0.29) is 54.4 Å². The third-order valence-electron chi connectivity index (χ3n) is 7.97. The summed E-state index contributed by atoms with van der Waals surface area (Å²) in [5.74, 6) is -2.78. The molecule has 1 aliphatic carbocycles. The number of amides is 2. The summed E-state index contributed by atoms with van der Waals surface area (Å²) in [7, 11) is 0. The second kappa shape index (κ2) is 11.8. The lowest BCUT2D eigenvalue weighted by Gasteiger charge is -2.41. The lowest BCUT2D eigenvalue weighted by Crippen LogP contribution is -2.59. The second-order valence-corrected chi connectivity index (χ2v) is 11.2. The molecular formula is C30H31F2N5O7. The summed E-state index contributed by atoms with van der Waals surface area (Å²) in [6.07, 6.45) is 1.93. The standard InChI is InChI=1S/C30H31F2N5O7/c1-16(38)34-11-20-14-37(30(42)44-20)19-4-5-27(24(32)8-19)43-7-6-33-17-12-35(13-17)26-10-25-21(9-23(26)31)28(39)22(29(40)41)15-36(25)18-2-3-18/h4-5,8-10,15,17-18,20,33H,2-3,6-7,11-14H2,1H3,(H,34,38)(H,40,41)/t20-/m0/s1. The molecule has 1 aromatic heterocycles. The molecule has 14 heteroatoms. The van der Waals surface area contributed by atoms with Crippen LogP contribution >= 0.6 is 0 Å². The number of pyridine rings is 1. The topological polar surface area (TPSA) is 142 Å². The fourth-order valence-corrected chi connectivity index (χ4v) is 5.51. The number of cyclic esters (lactones) is 1. The van der Waals surface area contributed by atoms with Gasteiger partial charge in [0.2, 0.25) is 11.3 Å². The number of nitrogens with one attached hydrogen (secondary N) is 2. The predicted octanol–water partition coefficient (Wildman–Crippen LogP) is 2.63. The van der Waals surface area contributed by atoms with Crippen LogP contribution in [0.5, 0.6) is 5.75 Å². The van der Waals surface area contributed by atoms with Crippen molar-refractivity contribution in [1.29, 1.82) is 0 Å². The maximum Gasteiger partial charge on any atom is 0.414 e. The van der Waals surface area contributed by atoms with E-state index in [1.165, 1.54) is 30.2 Å². The van der Waals surface area contributed by atoms with E-state index in [1.54, 1.807) is 16.7 Å². The van der Waals surface area contributed by atoms with Crippen molar-refractivity contribution in [3.05, 3.63) is 63.9 Å². The number of carboxylic acid groups (broad SMARTS) is 1. The number of rotatable bonds is 11. The fraction of sp³-hybridized carbons (Fsp3) is 0.400. The van der Waals surface area contributed by atoms with Crippen molar-refractivity contribution in [2.45, 2.75) is 38.0 Å². The summed E-state index contributed by atoms with van der Waals surface area (Å²) >= 11 is 0. The van der Waals surface area contributed by atoms with Crippen molar-refractivity contribution < 1.29 is 37.7 Å². The van der Waals surface area contributed by atoms with Gasteiger partial charge in [0, 0.05) is 56.3 Å². The van der Waals surface area contributed by atoms with Crippen molar-refractivity contribution in [3.63, 3.8) is 0 Å². The first-order chi connectivity index (χ1) is 21.1. The second-order valence-electron chi connectivity index (χ2n) is 11.2. The summed E-state index contributed by atoms with van der Waals surface area (Å²) in [6.45, 7) is 3.28. The number of hydrogen-bond acceptors (Lipinski definition) is 8. The number of fused-ring (bicyclic) bond motifs is 1. The van der Waals surface area contributed by atoms with Gasteiger partial charge in [-0.05, 0) is 37.1 Å².